The molecule has 100 valence electrons. The molecule has 0 aliphatic heterocycles. The summed E-state index contributed by atoms with van der Waals surface area (Å²) in [6, 6.07) is 7.01. The monoisotopic (exact) mass is 260 g/mol. The summed E-state index contributed by atoms with van der Waals surface area (Å²) in [5.41, 5.74) is 2.68. The summed E-state index contributed by atoms with van der Waals surface area (Å²) < 4.78 is 6.20. The number of esters is 1. The van der Waals surface area contributed by atoms with E-state index in [0.717, 1.165) is 11.1 Å². The van der Waals surface area contributed by atoms with Gasteiger partial charge < -0.3 is 4.74 Å². The van der Waals surface area contributed by atoms with E-state index < -0.39 is 5.97 Å². The number of H-pyrrole nitrogens is 1. The van der Waals surface area contributed by atoms with E-state index in [1.807, 2.05) is 32.0 Å². The molecular formula is C14H16N2O3. The van der Waals surface area contributed by atoms with Crippen LogP contribution in [0.25, 0.3) is 5.69 Å². The number of rotatable bonds is 3. The average molecular weight is 260 g/mol. The molecule has 1 aromatic carbocycles. The van der Waals surface area contributed by atoms with Gasteiger partial charge in [0.25, 0.3) is 5.56 Å². The van der Waals surface area contributed by atoms with E-state index in [0.29, 0.717) is 5.69 Å². The van der Waals surface area contributed by atoms with Crippen molar-refractivity contribution in [2.24, 2.45) is 0 Å². The number of benzene rings is 1. The Balaban J connectivity index is 2.46. The minimum absolute atomic E-state index is 0.158. The van der Waals surface area contributed by atoms with Gasteiger partial charge >= 0.3 is 5.97 Å². The number of carbonyl (C=O) groups is 1. The lowest BCUT2D eigenvalue weighted by molar-refractivity contribution is 0.0519. The number of hydrogen-bond acceptors (Lipinski definition) is 3. The third kappa shape index (κ3) is 2.76. The van der Waals surface area contributed by atoms with Gasteiger partial charge in [-0.1, -0.05) is 6.07 Å². The molecule has 1 N–H and O–H groups in total. The number of aryl methyl sites for hydroxylation is 2. The highest BCUT2D eigenvalue weighted by molar-refractivity contribution is 5.87. The van der Waals surface area contributed by atoms with Gasteiger partial charge in [0.2, 0.25) is 0 Å². The molecule has 1 heterocycles. The van der Waals surface area contributed by atoms with Crippen LogP contribution < -0.4 is 5.56 Å². The van der Waals surface area contributed by atoms with Gasteiger partial charge in [-0.3, -0.25) is 9.89 Å². The molecule has 0 bridgehead atoms. The lowest BCUT2D eigenvalue weighted by Gasteiger charge is -2.05. The number of aromatic amines is 1. The molecular weight excluding hydrogens is 244 g/mol. The van der Waals surface area contributed by atoms with Crippen LogP contribution in [-0.2, 0) is 4.74 Å². The Morgan fingerprint density at radius 1 is 1.21 bits per heavy atom. The van der Waals surface area contributed by atoms with Crippen LogP contribution in [0.2, 0.25) is 0 Å². The number of nitrogens with one attached hydrogen (secondary N) is 1. The van der Waals surface area contributed by atoms with E-state index in [2.05, 4.69) is 5.10 Å². The average Bonchev–Trinajstić information content (AvgIpc) is 2.70. The van der Waals surface area contributed by atoms with Crippen LogP contribution in [0.1, 0.15) is 28.5 Å². The Hall–Kier alpha value is -2.30. The Kier molecular flexibility index (Phi) is 3.55. The van der Waals surface area contributed by atoms with Crippen LogP contribution in [-0.4, -0.2) is 22.4 Å². The molecule has 5 heteroatoms. The molecule has 2 aromatic rings. The zero-order valence-corrected chi connectivity index (χ0v) is 11.2. The highest BCUT2D eigenvalue weighted by Crippen LogP contribution is 2.11. The highest BCUT2D eigenvalue weighted by Gasteiger charge is 2.13. The lowest BCUT2D eigenvalue weighted by Crippen LogP contribution is -2.13. The first-order valence-electron chi connectivity index (χ1n) is 6.09. The van der Waals surface area contributed by atoms with Gasteiger partial charge in [0.15, 0.2) is 0 Å². The predicted molar refractivity (Wildman–Crippen MR) is 71.8 cm³/mol. The van der Waals surface area contributed by atoms with Gasteiger partial charge in [-0.2, -0.15) is 0 Å². The smallest absolute Gasteiger partial charge is 0.356 e. The second kappa shape index (κ2) is 5.14. The predicted octanol–water partition coefficient (Wildman–Crippen LogP) is 1.96. The number of hydrogen-bond donors (Lipinski definition) is 1. The molecule has 5 nitrogen and oxygen atoms in total. The van der Waals surface area contributed by atoms with Gasteiger partial charge in [-0.25, -0.2) is 9.48 Å². The normalized spacial score (nSPS) is 10.5. The molecule has 0 aliphatic carbocycles. The topological polar surface area (TPSA) is 64.1 Å². The van der Waals surface area contributed by atoms with Crippen LogP contribution in [0.3, 0.4) is 0 Å². The van der Waals surface area contributed by atoms with Gasteiger partial charge in [-0.05, 0) is 44.0 Å². The third-order valence-corrected chi connectivity index (χ3v) is 2.68. The number of aromatic nitrogens is 2. The van der Waals surface area contributed by atoms with E-state index in [-0.39, 0.29) is 17.9 Å². The van der Waals surface area contributed by atoms with E-state index >= 15 is 0 Å². The Bertz CT molecular complexity index is 647. The Morgan fingerprint density at radius 2 is 1.84 bits per heavy atom. The van der Waals surface area contributed by atoms with Crippen LogP contribution in [0.15, 0.2) is 29.1 Å². The summed E-state index contributed by atoms with van der Waals surface area (Å²) in [6.45, 7) is 5.90. The highest BCUT2D eigenvalue weighted by atomic mass is 16.5. The van der Waals surface area contributed by atoms with Gasteiger partial charge in [0.05, 0.1) is 12.3 Å². The molecule has 0 atom stereocenters. The molecule has 2 rings (SSSR count). The van der Waals surface area contributed by atoms with Crippen LogP contribution in [0.4, 0.5) is 0 Å². The summed E-state index contributed by atoms with van der Waals surface area (Å²) in [4.78, 5) is 23.5. The van der Waals surface area contributed by atoms with Crippen molar-refractivity contribution < 1.29 is 9.53 Å². The van der Waals surface area contributed by atoms with E-state index in [4.69, 9.17) is 4.74 Å². The van der Waals surface area contributed by atoms with Crippen molar-refractivity contribution in [1.29, 1.82) is 0 Å². The fourth-order valence-electron chi connectivity index (χ4n) is 1.98. The summed E-state index contributed by atoms with van der Waals surface area (Å²) in [7, 11) is 0. The second-order valence-electron chi connectivity index (χ2n) is 4.41. The van der Waals surface area contributed by atoms with Crippen LogP contribution in [0, 0.1) is 13.8 Å². The van der Waals surface area contributed by atoms with E-state index in [1.54, 1.807) is 6.92 Å². The van der Waals surface area contributed by atoms with Gasteiger partial charge in [0.1, 0.15) is 5.69 Å². The van der Waals surface area contributed by atoms with Crippen molar-refractivity contribution in [3.63, 3.8) is 0 Å². The minimum atomic E-state index is -0.525. The molecule has 1 aromatic heterocycles. The fraction of sp³-hybridized carbons (Fsp3) is 0.286. The first kappa shape index (κ1) is 13.1. The van der Waals surface area contributed by atoms with Crippen molar-refractivity contribution in [3.8, 4) is 5.69 Å². The van der Waals surface area contributed by atoms with E-state index in [9.17, 15) is 9.59 Å². The molecule has 0 saturated heterocycles. The number of carbonyl (C=O) groups excluding carboxylic acids is 1. The molecule has 0 unspecified atom stereocenters. The molecule has 0 aliphatic rings. The van der Waals surface area contributed by atoms with Crippen molar-refractivity contribution in [2.45, 2.75) is 20.8 Å². The Labute approximate surface area is 110 Å². The number of nitrogens with zero attached hydrogens (tertiary/aromatic N) is 1. The third-order valence-electron chi connectivity index (χ3n) is 2.68. The van der Waals surface area contributed by atoms with Crippen molar-refractivity contribution in [2.75, 3.05) is 6.61 Å². The largest absolute Gasteiger partial charge is 0.461 e. The van der Waals surface area contributed by atoms with Crippen molar-refractivity contribution in [3.05, 3.63) is 51.4 Å². The first-order chi connectivity index (χ1) is 9.01. The van der Waals surface area contributed by atoms with Crippen LogP contribution >= 0.6 is 0 Å². The van der Waals surface area contributed by atoms with Crippen molar-refractivity contribution in [1.82, 2.24) is 9.78 Å². The summed E-state index contributed by atoms with van der Waals surface area (Å²) in [6.07, 6.45) is 0. The maximum atomic E-state index is 11.9. The zero-order chi connectivity index (χ0) is 14.0. The second-order valence-corrected chi connectivity index (χ2v) is 4.41. The molecule has 0 amide bonds. The molecule has 0 radical (unpaired) electrons. The fourth-order valence-corrected chi connectivity index (χ4v) is 1.98. The van der Waals surface area contributed by atoms with Gasteiger partial charge in [0, 0.05) is 6.07 Å². The van der Waals surface area contributed by atoms with Crippen molar-refractivity contribution >= 4 is 5.97 Å². The summed E-state index contributed by atoms with van der Waals surface area (Å²) in [5, 5.41) is 2.77. The number of ether oxygens (including phenoxy) is 1. The molecule has 0 saturated carbocycles. The van der Waals surface area contributed by atoms with Crippen LogP contribution in [0.5, 0.6) is 0 Å². The quantitative estimate of drug-likeness (QED) is 0.858. The lowest BCUT2D eigenvalue weighted by atomic mass is 10.1. The van der Waals surface area contributed by atoms with E-state index in [1.165, 1.54) is 10.7 Å². The maximum absolute atomic E-state index is 11.9. The SMILES string of the molecule is CCOC(=O)c1cc(=O)n(-c2cc(C)cc(C)c2)[nH]1. The zero-order valence-electron chi connectivity index (χ0n) is 11.2. The summed E-state index contributed by atoms with van der Waals surface area (Å²) >= 11 is 0. The summed E-state index contributed by atoms with van der Waals surface area (Å²) in [5.74, 6) is -0.525. The van der Waals surface area contributed by atoms with Gasteiger partial charge in [-0.15, -0.1) is 0 Å². The standard InChI is InChI=1S/C14H16N2O3/c1-4-19-14(18)12-8-13(17)16(15-12)11-6-9(2)5-10(3)7-11/h5-8,15H,4H2,1-3H3. The molecule has 19 heavy (non-hydrogen) atoms. The Morgan fingerprint density at radius 3 is 2.42 bits per heavy atom. The molecule has 0 spiro atoms. The molecule has 0 fully saturated rings. The maximum Gasteiger partial charge on any atom is 0.356 e. The minimum Gasteiger partial charge on any atom is -0.461 e. The first-order valence-corrected chi connectivity index (χ1v) is 6.09.